The number of rotatable bonds is 1. The van der Waals surface area contributed by atoms with E-state index in [1.165, 1.54) is 12.1 Å². The van der Waals surface area contributed by atoms with Gasteiger partial charge in [-0.05, 0) is 17.7 Å². The second-order valence-corrected chi connectivity index (χ2v) is 4.36. The Morgan fingerprint density at radius 1 is 1.22 bits per heavy atom. The summed E-state index contributed by atoms with van der Waals surface area (Å²) in [5, 5.41) is 6.14. The van der Waals surface area contributed by atoms with E-state index in [2.05, 4.69) is 10.6 Å². The Hall–Kier alpha value is -0.490. The maximum atomic E-state index is 12.5. The molecule has 1 aliphatic rings. The number of halogens is 5. The third kappa shape index (κ3) is 3.51. The van der Waals surface area contributed by atoms with Gasteiger partial charge in [0.15, 0.2) is 0 Å². The molecule has 1 aromatic rings. The highest BCUT2D eigenvalue weighted by Gasteiger charge is 2.33. The molecule has 0 spiro atoms. The van der Waals surface area contributed by atoms with Crippen molar-refractivity contribution < 1.29 is 13.2 Å². The van der Waals surface area contributed by atoms with Gasteiger partial charge in [0.1, 0.15) is 0 Å². The van der Waals surface area contributed by atoms with Crippen LogP contribution in [0, 0.1) is 0 Å². The van der Waals surface area contributed by atoms with E-state index in [0.29, 0.717) is 6.54 Å². The molecular formula is C11H13Cl2F3N2. The highest BCUT2D eigenvalue weighted by Crippen LogP contribution is 2.35. The van der Waals surface area contributed by atoms with E-state index in [1.807, 2.05) is 0 Å². The lowest BCUT2D eigenvalue weighted by Gasteiger charge is -2.25. The first-order chi connectivity index (χ1) is 7.98. The molecule has 1 aromatic carbocycles. The van der Waals surface area contributed by atoms with Crippen LogP contribution < -0.4 is 10.6 Å². The van der Waals surface area contributed by atoms with E-state index in [0.717, 1.165) is 24.7 Å². The molecule has 1 atom stereocenters. The van der Waals surface area contributed by atoms with Gasteiger partial charge in [-0.1, -0.05) is 17.7 Å². The largest absolute Gasteiger partial charge is 0.417 e. The Morgan fingerprint density at radius 3 is 2.44 bits per heavy atom. The maximum absolute atomic E-state index is 12.5. The van der Waals surface area contributed by atoms with Crippen LogP contribution >= 0.6 is 24.0 Å². The Balaban J connectivity index is 0.00000162. The Labute approximate surface area is 114 Å². The van der Waals surface area contributed by atoms with Gasteiger partial charge in [-0.2, -0.15) is 13.2 Å². The molecule has 0 aliphatic carbocycles. The number of hydrogen-bond acceptors (Lipinski definition) is 2. The van der Waals surface area contributed by atoms with Gasteiger partial charge in [-0.15, -0.1) is 12.4 Å². The molecule has 1 fully saturated rings. The number of benzene rings is 1. The maximum Gasteiger partial charge on any atom is 0.417 e. The zero-order valence-corrected chi connectivity index (χ0v) is 10.9. The predicted molar refractivity (Wildman–Crippen MR) is 67.3 cm³/mol. The van der Waals surface area contributed by atoms with Crippen LogP contribution in [0.5, 0.6) is 0 Å². The molecular weight excluding hydrogens is 288 g/mol. The fourth-order valence-electron chi connectivity index (χ4n) is 1.87. The number of nitrogens with one attached hydrogen (secondary N) is 2. The molecule has 2 rings (SSSR count). The first-order valence-corrected chi connectivity index (χ1v) is 5.67. The molecule has 102 valence electrons. The summed E-state index contributed by atoms with van der Waals surface area (Å²) < 4.78 is 37.5. The van der Waals surface area contributed by atoms with Crippen molar-refractivity contribution in [1.82, 2.24) is 10.6 Å². The van der Waals surface area contributed by atoms with E-state index >= 15 is 0 Å². The predicted octanol–water partition coefficient (Wildman–Crippen LogP) is 3.01. The summed E-state index contributed by atoms with van der Waals surface area (Å²) in [6.45, 7) is 2.36. The average Bonchev–Trinajstić information content (AvgIpc) is 2.28. The van der Waals surface area contributed by atoms with Gasteiger partial charge in [-0.25, -0.2) is 0 Å². The summed E-state index contributed by atoms with van der Waals surface area (Å²) >= 11 is 5.67. The molecule has 7 heteroatoms. The smallest absolute Gasteiger partial charge is 0.314 e. The van der Waals surface area contributed by atoms with Crippen molar-refractivity contribution in [2.75, 3.05) is 19.6 Å². The minimum Gasteiger partial charge on any atom is -0.314 e. The fraction of sp³-hybridized carbons (Fsp3) is 0.455. The average molecular weight is 301 g/mol. The van der Waals surface area contributed by atoms with E-state index in [9.17, 15) is 13.2 Å². The Morgan fingerprint density at radius 2 is 1.94 bits per heavy atom. The van der Waals surface area contributed by atoms with Crippen molar-refractivity contribution in [3.05, 3.63) is 34.3 Å². The van der Waals surface area contributed by atoms with Gasteiger partial charge in [0.2, 0.25) is 0 Å². The molecule has 0 unspecified atom stereocenters. The second kappa shape index (κ2) is 6.10. The van der Waals surface area contributed by atoms with E-state index < -0.39 is 11.7 Å². The SMILES string of the molecule is Cl.FC(F)(F)c1ccc([C@H]2CNCCN2)cc1Cl. The minimum absolute atomic E-state index is 0. The molecule has 1 heterocycles. The van der Waals surface area contributed by atoms with Crippen molar-refractivity contribution in [2.45, 2.75) is 12.2 Å². The van der Waals surface area contributed by atoms with Crippen LogP contribution in [0.2, 0.25) is 5.02 Å². The molecule has 0 aromatic heterocycles. The zero-order valence-electron chi connectivity index (χ0n) is 9.35. The molecule has 2 nitrogen and oxygen atoms in total. The lowest BCUT2D eigenvalue weighted by atomic mass is 10.0. The van der Waals surface area contributed by atoms with Crippen LogP contribution in [0.25, 0.3) is 0 Å². The van der Waals surface area contributed by atoms with Crippen LogP contribution in [-0.2, 0) is 6.18 Å². The molecule has 0 bridgehead atoms. The fourth-order valence-corrected chi connectivity index (χ4v) is 2.16. The number of hydrogen-bond donors (Lipinski definition) is 2. The summed E-state index contributed by atoms with van der Waals surface area (Å²) in [5.41, 5.74) is -0.0121. The standard InChI is InChI=1S/C11H12ClF3N2.ClH/c12-9-5-7(10-6-16-3-4-17-10)1-2-8(9)11(13,14)15;/h1-2,5,10,16-17H,3-4,6H2;1H/t10-;/m1./s1. The van der Waals surface area contributed by atoms with Gasteiger partial charge in [0.05, 0.1) is 10.6 Å². The number of piperazine rings is 1. The van der Waals surface area contributed by atoms with E-state index in [4.69, 9.17) is 11.6 Å². The quantitative estimate of drug-likeness (QED) is 0.833. The van der Waals surface area contributed by atoms with Crippen LogP contribution in [0.15, 0.2) is 18.2 Å². The first-order valence-electron chi connectivity index (χ1n) is 5.29. The summed E-state index contributed by atoms with van der Waals surface area (Å²) in [6, 6.07) is 3.91. The van der Waals surface area contributed by atoms with Crippen LogP contribution in [0.1, 0.15) is 17.2 Å². The lowest BCUT2D eigenvalue weighted by molar-refractivity contribution is -0.137. The van der Waals surface area contributed by atoms with Crippen LogP contribution in [0.4, 0.5) is 13.2 Å². The third-order valence-corrected chi connectivity index (χ3v) is 3.05. The van der Waals surface area contributed by atoms with Crippen molar-refractivity contribution >= 4 is 24.0 Å². The highest BCUT2D eigenvalue weighted by atomic mass is 35.5. The van der Waals surface area contributed by atoms with Crippen molar-refractivity contribution in [2.24, 2.45) is 0 Å². The lowest BCUT2D eigenvalue weighted by Crippen LogP contribution is -2.42. The first kappa shape index (κ1) is 15.6. The summed E-state index contributed by atoms with van der Waals surface area (Å²) in [5.74, 6) is 0. The van der Waals surface area contributed by atoms with Crippen molar-refractivity contribution in [3.8, 4) is 0 Å². The zero-order chi connectivity index (χ0) is 12.5. The summed E-state index contributed by atoms with van der Waals surface area (Å²) in [4.78, 5) is 0. The van der Waals surface area contributed by atoms with Gasteiger partial charge in [0.25, 0.3) is 0 Å². The molecule has 18 heavy (non-hydrogen) atoms. The molecule has 0 saturated carbocycles. The van der Waals surface area contributed by atoms with Gasteiger partial charge in [0, 0.05) is 25.7 Å². The molecule has 1 saturated heterocycles. The third-order valence-electron chi connectivity index (χ3n) is 2.74. The monoisotopic (exact) mass is 300 g/mol. The molecule has 0 radical (unpaired) electrons. The van der Waals surface area contributed by atoms with Crippen molar-refractivity contribution in [3.63, 3.8) is 0 Å². The van der Waals surface area contributed by atoms with E-state index in [1.54, 1.807) is 0 Å². The van der Waals surface area contributed by atoms with Gasteiger partial charge >= 0.3 is 6.18 Å². The molecule has 0 amide bonds. The van der Waals surface area contributed by atoms with Crippen LogP contribution in [0.3, 0.4) is 0 Å². The molecule has 1 aliphatic heterocycles. The van der Waals surface area contributed by atoms with Crippen LogP contribution in [-0.4, -0.2) is 19.6 Å². The topological polar surface area (TPSA) is 24.1 Å². The Bertz CT molecular complexity index is 404. The van der Waals surface area contributed by atoms with E-state index in [-0.39, 0.29) is 23.5 Å². The summed E-state index contributed by atoms with van der Waals surface area (Å²) in [7, 11) is 0. The van der Waals surface area contributed by atoms with Crippen molar-refractivity contribution in [1.29, 1.82) is 0 Å². The Kier molecular flexibility index (Phi) is 5.28. The minimum atomic E-state index is -4.39. The van der Waals surface area contributed by atoms with Gasteiger partial charge < -0.3 is 10.6 Å². The molecule has 2 N–H and O–H groups in total. The second-order valence-electron chi connectivity index (χ2n) is 3.95. The number of alkyl halides is 3. The summed E-state index contributed by atoms with van der Waals surface area (Å²) in [6.07, 6.45) is -4.39. The normalized spacial score (nSPS) is 20.3. The van der Waals surface area contributed by atoms with Gasteiger partial charge in [-0.3, -0.25) is 0 Å². The highest BCUT2D eigenvalue weighted by molar-refractivity contribution is 6.31.